The third kappa shape index (κ3) is 8.34. The van der Waals surface area contributed by atoms with Crippen LogP contribution in [-0.4, -0.2) is 35.1 Å². The summed E-state index contributed by atoms with van der Waals surface area (Å²) in [7, 11) is 0. The molecular formula is C27H38N2O2S. The van der Waals surface area contributed by atoms with Crippen LogP contribution >= 0.6 is 11.8 Å². The van der Waals surface area contributed by atoms with Gasteiger partial charge in [0.1, 0.15) is 6.04 Å². The highest BCUT2D eigenvalue weighted by molar-refractivity contribution is 7.99. The molecular weight excluding hydrogens is 416 g/mol. The molecule has 0 heterocycles. The van der Waals surface area contributed by atoms with Gasteiger partial charge < -0.3 is 10.2 Å². The van der Waals surface area contributed by atoms with Gasteiger partial charge in [0.25, 0.3) is 0 Å². The predicted octanol–water partition coefficient (Wildman–Crippen LogP) is 5.57. The molecule has 0 bridgehead atoms. The van der Waals surface area contributed by atoms with Crippen LogP contribution in [0.2, 0.25) is 0 Å². The van der Waals surface area contributed by atoms with Crippen LogP contribution in [0.5, 0.6) is 0 Å². The second-order valence-corrected chi connectivity index (χ2v) is 9.55. The highest BCUT2D eigenvalue weighted by Crippen LogP contribution is 2.19. The van der Waals surface area contributed by atoms with E-state index >= 15 is 0 Å². The van der Waals surface area contributed by atoms with Gasteiger partial charge >= 0.3 is 0 Å². The van der Waals surface area contributed by atoms with E-state index in [2.05, 4.69) is 50.4 Å². The van der Waals surface area contributed by atoms with E-state index in [-0.39, 0.29) is 11.8 Å². The van der Waals surface area contributed by atoms with E-state index < -0.39 is 6.04 Å². The summed E-state index contributed by atoms with van der Waals surface area (Å²) in [5.41, 5.74) is 5.91. The molecule has 174 valence electrons. The van der Waals surface area contributed by atoms with Crippen LogP contribution in [0.15, 0.2) is 42.5 Å². The van der Waals surface area contributed by atoms with Crippen molar-refractivity contribution in [3.8, 4) is 0 Å². The third-order valence-electron chi connectivity index (χ3n) is 5.43. The molecule has 0 spiro atoms. The number of aryl methyl sites for hydroxylation is 3. The SMILES string of the molecule is CCCCNC(=O)[C@H](CC)N(Cc1cccc(C)c1)C(=O)CSCc1cc(C)cc(C)c1. The molecule has 2 aromatic carbocycles. The van der Waals surface area contributed by atoms with Gasteiger partial charge in [-0.05, 0) is 44.7 Å². The van der Waals surface area contributed by atoms with Crippen LogP contribution in [0.1, 0.15) is 60.9 Å². The second-order valence-electron chi connectivity index (χ2n) is 8.57. The van der Waals surface area contributed by atoms with E-state index in [4.69, 9.17) is 0 Å². The Morgan fingerprint density at radius 1 is 0.969 bits per heavy atom. The normalized spacial score (nSPS) is 11.8. The van der Waals surface area contributed by atoms with Crippen LogP contribution in [0, 0.1) is 20.8 Å². The summed E-state index contributed by atoms with van der Waals surface area (Å²) in [5, 5.41) is 3.02. The highest BCUT2D eigenvalue weighted by Gasteiger charge is 2.28. The zero-order valence-corrected chi connectivity index (χ0v) is 21.1. The van der Waals surface area contributed by atoms with Crippen molar-refractivity contribution in [3.05, 3.63) is 70.3 Å². The number of thioether (sulfide) groups is 1. The summed E-state index contributed by atoms with van der Waals surface area (Å²) >= 11 is 1.61. The molecule has 0 aliphatic heterocycles. The highest BCUT2D eigenvalue weighted by atomic mass is 32.2. The first-order chi connectivity index (χ1) is 15.3. The summed E-state index contributed by atoms with van der Waals surface area (Å²) in [6.45, 7) is 11.4. The minimum absolute atomic E-state index is 0.0124. The molecule has 4 nitrogen and oxygen atoms in total. The molecule has 0 aliphatic carbocycles. The molecule has 0 aliphatic rings. The molecule has 2 aromatic rings. The van der Waals surface area contributed by atoms with E-state index in [0.717, 1.165) is 29.7 Å². The lowest BCUT2D eigenvalue weighted by Gasteiger charge is -2.30. The van der Waals surface area contributed by atoms with Gasteiger partial charge in [-0.3, -0.25) is 9.59 Å². The van der Waals surface area contributed by atoms with Crippen molar-refractivity contribution in [2.45, 2.75) is 72.2 Å². The van der Waals surface area contributed by atoms with Crippen molar-refractivity contribution in [2.75, 3.05) is 12.3 Å². The fourth-order valence-electron chi connectivity index (χ4n) is 3.92. The van der Waals surface area contributed by atoms with E-state index in [9.17, 15) is 9.59 Å². The van der Waals surface area contributed by atoms with Crippen molar-refractivity contribution >= 4 is 23.6 Å². The van der Waals surface area contributed by atoms with Crippen molar-refractivity contribution in [1.82, 2.24) is 10.2 Å². The molecule has 0 radical (unpaired) electrons. The Bertz CT molecular complexity index is 877. The summed E-state index contributed by atoms with van der Waals surface area (Å²) in [6.07, 6.45) is 2.56. The number of nitrogens with one attached hydrogen (secondary N) is 1. The Morgan fingerprint density at radius 2 is 1.66 bits per heavy atom. The minimum atomic E-state index is -0.457. The maximum absolute atomic E-state index is 13.3. The monoisotopic (exact) mass is 454 g/mol. The van der Waals surface area contributed by atoms with E-state index in [0.29, 0.717) is 25.3 Å². The molecule has 1 N–H and O–H groups in total. The van der Waals surface area contributed by atoms with Gasteiger partial charge in [0.15, 0.2) is 0 Å². The Morgan fingerprint density at radius 3 is 2.28 bits per heavy atom. The molecule has 0 unspecified atom stereocenters. The van der Waals surface area contributed by atoms with Crippen molar-refractivity contribution in [1.29, 1.82) is 0 Å². The molecule has 2 rings (SSSR count). The number of benzene rings is 2. The second kappa shape index (κ2) is 13.3. The zero-order chi connectivity index (χ0) is 23.5. The van der Waals surface area contributed by atoms with Gasteiger partial charge in [-0.15, -0.1) is 11.8 Å². The standard InChI is InChI=1S/C27H38N2O2S/c1-6-8-12-28-27(31)25(7-2)29(17-23-11-9-10-20(3)14-23)26(30)19-32-18-24-15-21(4)13-22(5)16-24/h9-11,13-16,25H,6-8,12,17-19H2,1-5H3,(H,28,31)/t25-/m0/s1. The Kier molecular flexibility index (Phi) is 10.8. The molecule has 0 aromatic heterocycles. The molecule has 2 amide bonds. The average molecular weight is 455 g/mol. The first kappa shape index (κ1) is 26.0. The van der Waals surface area contributed by atoms with Crippen LogP contribution in [0.4, 0.5) is 0 Å². The van der Waals surface area contributed by atoms with Crippen molar-refractivity contribution < 1.29 is 9.59 Å². The molecule has 32 heavy (non-hydrogen) atoms. The van der Waals surface area contributed by atoms with Crippen LogP contribution in [0.25, 0.3) is 0 Å². The van der Waals surface area contributed by atoms with Crippen LogP contribution in [0.3, 0.4) is 0 Å². The van der Waals surface area contributed by atoms with Crippen LogP contribution < -0.4 is 5.32 Å². The first-order valence-corrected chi connectivity index (χ1v) is 12.8. The van der Waals surface area contributed by atoms with Crippen LogP contribution in [-0.2, 0) is 21.9 Å². The van der Waals surface area contributed by atoms with Gasteiger partial charge in [0.05, 0.1) is 5.75 Å². The quantitative estimate of drug-likeness (QED) is 0.427. The largest absolute Gasteiger partial charge is 0.354 e. The smallest absolute Gasteiger partial charge is 0.242 e. The molecule has 0 fully saturated rings. The predicted molar refractivity (Wildman–Crippen MR) is 136 cm³/mol. The molecule has 0 saturated carbocycles. The van der Waals surface area contributed by atoms with E-state index in [1.54, 1.807) is 16.7 Å². The number of hydrogen-bond acceptors (Lipinski definition) is 3. The number of rotatable bonds is 12. The molecule has 0 saturated heterocycles. The summed E-state index contributed by atoms with van der Waals surface area (Å²) in [4.78, 5) is 28.0. The Balaban J connectivity index is 2.12. The number of carbonyl (C=O) groups is 2. The van der Waals surface area contributed by atoms with Gasteiger partial charge in [0, 0.05) is 18.8 Å². The average Bonchev–Trinajstić information content (AvgIpc) is 2.73. The Labute approximate surface area is 198 Å². The van der Waals surface area contributed by atoms with Crippen molar-refractivity contribution in [3.63, 3.8) is 0 Å². The Hall–Kier alpha value is -2.27. The lowest BCUT2D eigenvalue weighted by molar-refractivity contribution is -0.139. The summed E-state index contributed by atoms with van der Waals surface area (Å²) < 4.78 is 0. The van der Waals surface area contributed by atoms with E-state index in [1.807, 2.05) is 32.0 Å². The maximum Gasteiger partial charge on any atom is 0.242 e. The lowest BCUT2D eigenvalue weighted by atomic mass is 10.1. The zero-order valence-electron chi connectivity index (χ0n) is 20.2. The summed E-state index contributed by atoms with van der Waals surface area (Å²) in [6, 6.07) is 14.2. The van der Waals surface area contributed by atoms with Gasteiger partial charge in [-0.1, -0.05) is 79.4 Å². The third-order valence-corrected chi connectivity index (χ3v) is 6.42. The summed E-state index contributed by atoms with van der Waals surface area (Å²) in [5.74, 6) is 1.10. The van der Waals surface area contributed by atoms with Gasteiger partial charge in [0.2, 0.25) is 11.8 Å². The van der Waals surface area contributed by atoms with Crippen molar-refractivity contribution in [2.24, 2.45) is 0 Å². The van der Waals surface area contributed by atoms with Gasteiger partial charge in [-0.25, -0.2) is 0 Å². The number of hydrogen-bond donors (Lipinski definition) is 1. The number of unbranched alkanes of at least 4 members (excludes halogenated alkanes) is 1. The number of amides is 2. The lowest BCUT2D eigenvalue weighted by Crippen LogP contribution is -2.49. The van der Waals surface area contributed by atoms with E-state index in [1.165, 1.54) is 16.7 Å². The number of carbonyl (C=O) groups excluding carboxylic acids is 2. The van der Waals surface area contributed by atoms with Gasteiger partial charge in [-0.2, -0.15) is 0 Å². The fraction of sp³-hybridized carbons (Fsp3) is 0.481. The molecule has 5 heteroatoms. The first-order valence-electron chi connectivity index (χ1n) is 11.6. The fourth-order valence-corrected chi connectivity index (χ4v) is 4.77. The molecule has 1 atom stereocenters. The topological polar surface area (TPSA) is 49.4 Å². The minimum Gasteiger partial charge on any atom is -0.354 e. The number of nitrogens with zero attached hydrogens (tertiary/aromatic N) is 1. The maximum atomic E-state index is 13.3.